The van der Waals surface area contributed by atoms with Crippen LogP contribution in [0.25, 0.3) is 0 Å². The van der Waals surface area contributed by atoms with Gasteiger partial charge in [0.25, 0.3) is 10.0 Å². The number of anilines is 2. The highest BCUT2D eigenvalue weighted by Crippen LogP contribution is 2.26. The minimum absolute atomic E-state index is 0.0598. The van der Waals surface area contributed by atoms with E-state index in [-0.39, 0.29) is 16.1 Å². The quantitative estimate of drug-likeness (QED) is 0.542. The summed E-state index contributed by atoms with van der Waals surface area (Å²) >= 11 is 0. The van der Waals surface area contributed by atoms with E-state index in [9.17, 15) is 22.7 Å². The molecule has 2 N–H and O–H groups in total. The Morgan fingerprint density at radius 2 is 1.97 bits per heavy atom. The number of aryl methyl sites for hydroxylation is 2. The molecule has 0 aliphatic rings. The molecule has 0 aliphatic carbocycles. The maximum Gasteiger partial charge on any atom is 0.337 e. The molecular formula is C21H22FN3O5S. The Labute approximate surface area is 179 Å². The molecule has 3 aromatic rings. The minimum Gasteiger partial charge on any atom is -0.478 e. The molecule has 0 bridgehead atoms. The summed E-state index contributed by atoms with van der Waals surface area (Å²) in [6.07, 6.45) is 0.602. The van der Waals surface area contributed by atoms with Gasteiger partial charge < -0.3 is 14.5 Å². The number of benzene rings is 2. The first kappa shape index (κ1) is 22.3. The van der Waals surface area contributed by atoms with Crippen LogP contribution in [-0.2, 0) is 16.4 Å². The number of aromatic nitrogens is 1. The average molecular weight is 447 g/mol. The molecule has 0 atom stereocenters. The Morgan fingerprint density at radius 1 is 1.23 bits per heavy atom. The highest BCUT2D eigenvalue weighted by Gasteiger charge is 2.19. The van der Waals surface area contributed by atoms with Crippen molar-refractivity contribution in [1.82, 2.24) is 5.16 Å². The highest BCUT2D eigenvalue weighted by atomic mass is 32.2. The summed E-state index contributed by atoms with van der Waals surface area (Å²) in [6.45, 7) is 4.16. The summed E-state index contributed by atoms with van der Waals surface area (Å²) in [6, 6.07) is 8.78. The molecule has 31 heavy (non-hydrogen) atoms. The summed E-state index contributed by atoms with van der Waals surface area (Å²) in [4.78, 5) is 13.3. The summed E-state index contributed by atoms with van der Waals surface area (Å²) in [7, 11) is -2.33. The van der Waals surface area contributed by atoms with Gasteiger partial charge in [-0.25, -0.2) is 17.6 Å². The van der Waals surface area contributed by atoms with E-state index < -0.39 is 21.8 Å². The molecule has 164 valence electrons. The van der Waals surface area contributed by atoms with Crippen LogP contribution < -0.4 is 9.62 Å². The van der Waals surface area contributed by atoms with Crippen LogP contribution in [0.2, 0.25) is 0 Å². The number of likely N-dealkylation sites (N-methyl/N-ethyl adjacent to an activating group) is 1. The summed E-state index contributed by atoms with van der Waals surface area (Å²) in [5, 5.41) is 13.6. The Morgan fingerprint density at radius 3 is 2.58 bits per heavy atom. The number of nitrogens with zero attached hydrogens (tertiary/aromatic N) is 2. The van der Waals surface area contributed by atoms with Crippen molar-refractivity contribution in [1.29, 1.82) is 0 Å². The second-order valence-corrected chi connectivity index (χ2v) is 8.76. The predicted octanol–water partition coefficient (Wildman–Crippen LogP) is 3.61. The lowest BCUT2D eigenvalue weighted by atomic mass is 10.1. The van der Waals surface area contributed by atoms with Gasteiger partial charge in [-0.15, -0.1) is 0 Å². The van der Waals surface area contributed by atoms with E-state index in [1.54, 1.807) is 11.9 Å². The van der Waals surface area contributed by atoms with Crippen LogP contribution in [0.4, 0.5) is 15.8 Å². The fourth-order valence-corrected chi connectivity index (χ4v) is 4.29. The summed E-state index contributed by atoms with van der Waals surface area (Å²) < 4.78 is 45.8. The number of carboxylic acid groups (broad SMARTS) is 1. The number of carbonyl (C=O) groups is 1. The lowest BCUT2D eigenvalue weighted by Gasteiger charge is -2.22. The molecule has 3 rings (SSSR count). The number of hydrogen-bond donors (Lipinski definition) is 2. The van der Waals surface area contributed by atoms with E-state index in [1.807, 2.05) is 13.8 Å². The van der Waals surface area contributed by atoms with Crippen LogP contribution in [0, 0.1) is 19.7 Å². The third-order valence-corrected chi connectivity index (χ3v) is 6.25. The molecule has 2 aromatic carbocycles. The second-order valence-electron chi connectivity index (χ2n) is 7.07. The number of hydrogen-bond acceptors (Lipinski definition) is 6. The Balaban J connectivity index is 1.83. The maximum absolute atomic E-state index is 13.4. The second kappa shape index (κ2) is 8.76. The maximum atomic E-state index is 13.4. The molecule has 0 saturated heterocycles. The van der Waals surface area contributed by atoms with Gasteiger partial charge in [0, 0.05) is 24.8 Å². The van der Waals surface area contributed by atoms with Crippen molar-refractivity contribution < 1.29 is 27.2 Å². The SMILES string of the molecule is Cc1noc(C)c1CCN(C)c1ccc(NS(=O)(=O)c2cccc(F)c2)cc1C(=O)O. The largest absolute Gasteiger partial charge is 0.478 e. The van der Waals surface area contributed by atoms with E-state index in [0.29, 0.717) is 24.4 Å². The van der Waals surface area contributed by atoms with Gasteiger partial charge in [0.2, 0.25) is 0 Å². The molecule has 10 heteroatoms. The third kappa shape index (κ3) is 5.02. The average Bonchev–Trinajstić information content (AvgIpc) is 3.03. The van der Waals surface area contributed by atoms with Crippen LogP contribution >= 0.6 is 0 Å². The number of aromatic carboxylic acids is 1. The molecule has 1 aromatic heterocycles. The van der Waals surface area contributed by atoms with Crippen molar-refractivity contribution in [3.8, 4) is 0 Å². The van der Waals surface area contributed by atoms with Gasteiger partial charge in [-0.3, -0.25) is 4.72 Å². The van der Waals surface area contributed by atoms with Crippen molar-refractivity contribution in [2.24, 2.45) is 0 Å². The van der Waals surface area contributed by atoms with Gasteiger partial charge in [0.15, 0.2) is 0 Å². The predicted molar refractivity (Wildman–Crippen MR) is 114 cm³/mol. The number of nitrogens with one attached hydrogen (secondary N) is 1. The fraction of sp³-hybridized carbons (Fsp3) is 0.238. The smallest absolute Gasteiger partial charge is 0.337 e. The van der Waals surface area contributed by atoms with Crippen molar-refractivity contribution in [3.05, 3.63) is 70.9 Å². The monoisotopic (exact) mass is 447 g/mol. The molecular weight excluding hydrogens is 425 g/mol. The van der Waals surface area contributed by atoms with Gasteiger partial charge >= 0.3 is 5.97 Å². The third-order valence-electron chi connectivity index (χ3n) is 4.88. The zero-order chi connectivity index (χ0) is 22.8. The van der Waals surface area contributed by atoms with Gasteiger partial charge in [0.1, 0.15) is 11.6 Å². The fourth-order valence-electron chi connectivity index (χ4n) is 3.21. The van der Waals surface area contributed by atoms with Gasteiger partial charge in [-0.2, -0.15) is 0 Å². The molecule has 0 aliphatic heterocycles. The van der Waals surface area contributed by atoms with Crippen LogP contribution in [0.15, 0.2) is 51.9 Å². The highest BCUT2D eigenvalue weighted by molar-refractivity contribution is 7.92. The van der Waals surface area contributed by atoms with Crippen molar-refractivity contribution in [3.63, 3.8) is 0 Å². The molecule has 0 amide bonds. The molecule has 1 heterocycles. The Hall–Kier alpha value is -3.40. The Bertz CT molecular complexity index is 1200. The van der Waals surface area contributed by atoms with Gasteiger partial charge in [-0.1, -0.05) is 11.2 Å². The first-order valence-electron chi connectivity index (χ1n) is 9.37. The topological polar surface area (TPSA) is 113 Å². The molecule has 0 fully saturated rings. The summed E-state index contributed by atoms with van der Waals surface area (Å²) in [5.41, 5.74) is 2.16. The molecule has 0 spiro atoms. The lowest BCUT2D eigenvalue weighted by Crippen LogP contribution is -2.23. The van der Waals surface area contributed by atoms with E-state index in [4.69, 9.17) is 4.52 Å². The zero-order valence-electron chi connectivity index (χ0n) is 17.2. The minimum atomic E-state index is -4.07. The number of rotatable bonds is 8. The molecule has 0 unspecified atom stereocenters. The Kier molecular flexibility index (Phi) is 6.30. The van der Waals surface area contributed by atoms with Crippen molar-refractivity contribution >= 4 is 27.4 Å². The molecule has 8 nitrogen and oxygen atoms in total. The lowest BCUT2D eigenvalue weighted by molar-refractivity contribution is 0.0697. The van der Waals surface area contributed by atoms with Crippen LogP contribution in [-0.4, -0.2) is 38.2 Å². The van der Waals surface area contributed by atoms with E-state index >= 15 is 0 Å². The molecule has 0 saturated carbocycles. The van der Waals surface area contributed by atoms with E-state index in [0.717, 1.165) is 23.4 Å². The normalized spacial score (nSPS) is 11.4. The standard InChI is InChI=1S/C21H22FN3O5S/c1-13-18(14(2)30-23-13)9-10-25(3)20-8-7-16(12-19(20)21(26)27)24-31(28,29)17-6-4-5-15(22)11-17/h4-8,11-12,24H,9-10H2,1-3H3,(H,26,27). The van der Waals surface area contributed by atoms with E-state index in [2.05, 4.69) is 9.88 Å². The number of carboxylic acids is 1. The van der Waals surface area contributed by atoms with E-state index in [1.165, 1.54) is 30.3 Å². The van der Waals surface area contributed by atoms with Gasteiger partial charge in [0.05, 0.1) is 21.8 Å². The summed E-state index contributed by atoms with van der Waals surface area (Å²) in [5.74, 6) is -1.18. The zero-order valence-corrected chi connectivity index (χ0v) is 18.0. The van der Waals surface area contributed by atoms with Crippen LogP contribution in [0.3, 0.4) is 0 Å². The molecule has 0 radical (unpaired) electrons. The van der Waals surface area contributed by atoms with Crippen molar-refractivity contribution in [2.75, 3.05) is 23.2 Å². The number of halogens is 1. The first-order chi connectivity index (χ1) is 14.6. The van der Waals surface area contributed by atoms with Crippen LogP contribution in [0.1, 0.15) is 27.4 Å². The van der Waals surface area contributed by atoms with Gasteiger partial charge in [-0.05, 0) is 56.7 Å². The first-order valence-corrected chi connectivity index (χ1v) is 10.9. The van der Waals surface area contributed by atoms with Crippen LogP contribution in [0.5, 0.6) is 0 Å². The number of sulfonamides is 1. The van der Waals surface area contributed by atoms with Crippen molar-refractivity contribution in [2.45, 2.75) is 25.2 Å².